The van der Waals surface area contributed by atoms with Crippen molar-refractivity contribution in [3.8, 4) is 16.9 Å². The van der Waals surface area contributed by atoms with Crippen LogP contribution >= 0.6 is 35.7 Å². The summed E-state index contributed by atoms with van der Waals surface area (Å²) in [5, 5.41) is 4.88. The molecule has 7 heteroatoms. The van der Waals surface area contributed by atoms with Crippen LogP contribution in [0.5, 0.6) is 0 Å². The number of amides is 1. The number of rotatable bonds is 8. The average molecular weight is 480 g/mol. The molecular weight excluding hydrogens is 454 g/mol. The first-order valence-corrected chi connectivity index (χ1v) is 13.0. The average Bonchev–Trinajstić information content (AvgIpc) is 3.35. The van der Waals surface area contributed by atoms with Crippen molar-refractivity contribution in [2.24, 2.45) is 0 Å². The van der Waals surface area contributed by atoms with E-state index in [4.69, 9.17) is 17.3 Å². The number of unbranched alkanes of at least 4 members (excludes halogenated alkanes) is 1. The van der Waals surface area contributed by atoms with E-state index in [1.54, 1.807) is 4.90 Å². The van der Waals surface area contributed by atoms with Crippen molar-refractivity contribution < 1.29 is 4.79 Å². The zero-order valence-corrected chi connectivity index (χ0v) is 20.6. The Balaban J connectivity index is 1.71. The van der Waals surface area contributed by atoms with Gasteiger partial charge < -0.3 is 0 Å². The Labute approximate surface area is 203 Å². The molecule has 1 aromatic heterocycles. The van der Waals surface area contributed by atoms with Crippen molar-refractivity contribution in [3.63, 3.8) is 0 Å². The van der Waals surface area contributed by atoms with Gasteiger partial charge in [-0.05, 0) is 49.4 Å². The number of hydrogen-bond donors (Lipinski definition) is 0. The normalized spacial score (nSPS) is 15.2. The van der Waals surface area contributed by atoms with Crippen LogP contribution in [0.4, 0.5) is 0 Å². The molecule has 4 nitrogen and oxygen atoms in total. The Hall–Kier alpha value is -2.35. The number of nitrogens with zero attached hydrogens (tertiary/aromatic N) is 3. The van der Waals surface area contributed by atoms with Crippen LogP contribution in [0.3, 0.4) is 0 Å². The zero-order valence-electron chi connectivity index (χ0n) is 18.2. The Morgan fingerprint density at radius 2 is 1.84 bits per heavy atom. The molecule has 4 rings (SSSR count). The lowest BCUT2D eigenvalue weighted by Gasteiger charge is -2.09. The fourth-order valence-corrected chi connectivity index (χ4v) is 5.76. The summed E-state index contributed by atoms with van der Waals surface area (Å²) in [7, 11) is 0. The van der Waals surface area contributed by atoms with Gasteiger partial charge in [0.25, 0.3) is 5.91 Å². The highest BCUT2D eigenvalue weighted by Crippen LogP contribution is 2.35. The minimum atomic E-state index is -0.0383. The van der Waals surface area contributed by atoms with Crippen LogP contribution in [0.2, 0.25) is 0 Å². The molecule has 0 spiro atoms. The molecule has 0 unspecified atom stereocenters. The summed E-state index contributed by atoms with van der Waals surface area (Å²) in [6.45, 7) is 4.73. The van der Waals surface area contributed by atoms with Gasteiger partial charge >= 0.3 is 0 Å². The van der Waals surface area contributed by atoms with Crippen LogP contribution in [0.25, 0.3) is 23.0 Å². The minimum Gasteiger partial charge on any atom is -0.293 e. The van der Waals surface area contributed by atoms with E-state index >= 15 is 0 Å². The van der Waals surface area contributed by atoms with Crippen LogP contribution < -0.4 is 0 Å². The molecule has 1 amide bonds. The summed E-state index contributed by atoms with van der Waals surface area (Å²) in [6, 6.07) is 18.5. The van der Waals surface area contributed by atoms with Crippen molar-refractivity contribution in [3.05, 3.63) is 71.3 Å². The largest absolute Gasteiger partial charge is 0.293 e. The lowest BCUT2D eigenvalue weighted by atomic mass is 10.1. The quantitative estimate of drug-likeness (QED) is 0.156. The van der Waals surface area contributed by atoms with Crippen molar-refractivity contribution in [1.29, 1.82) is 0 Å². The first-order valence-electron chi connectivity index (χ1n) is 10.7. The van der Waals surface area contributed by atoms with Gasteiger partial charge in [0, 0.05) is 28.8 Å². The van der Waals surface area contributed by atoms with Gasteiger partial charge in [0.15, 0.2) is 0 Å². The lowest BCUT2D eigenvalue weighted by molar-refractivity contribution is -0.121. The molecule has 164 valence electrons. The van der Waals surface area contributed by atoms with Gasteiger partial charge in [-0.1, -0.05) is 67.7 Å². The van der Waals surface area contributed by atoms with E-state index in [-0.39, 0.29) is 5.91 Å². The molecule has 0 atom stereocenters. The second kappa shape index (κ2) is 10.5. The number of thioether (sulfide) groups is 2. The van der Waals surface area contributed by atoms with E-state index in [1.807, 2.05) is 66.0 Å². The molecular formula is C25H25N3OS3. The molecule has 0 N–H and O–H groups in total. The monoisotopic (exact) mass is 479 g/mol. The molecule has 0 aliphatic carbocycles. The first-order chi connectivity index (χ1) is 15.6. The summed E-state index contributed by atoms with van der Waals surface area (Å²) in [5.74, 6) is 1.09. The van der Waals surface area contributed by atoms with Gasteiger partial charge in [-0.25, -0.2) is 4.68 Å². The van der Waals surface area contributed by atoms with E-state index in [0.29, 0.717) is 15.8 Å². The fraction of sp³-hybridized carbons (Fsp3) is 0.240. The van der Waals surface area contributed by atoms with Gasteiger partial charge in [0.05, 0.1) is 16.3 Å². The lowest BCUT2D eigenvalue weighted by Crippen LogP contribution is -2.27. The highest BCUT2D eigenvalue weighted by Gasteiger charge is 2.31. The molecule has 1 saturated heterocycles. The van der Waals surface area contributed by atoms with E-state index in [9.17, 15) is 4.79 Å². The summed E-state index contributed by atoms with van der Waals surface area (Å²) < 4.78 is 2.47. The fourth-order valence-electron chi connectivity index (χ4n) is 3.39. The SMILES string of the molecule is CCCCSc1ccc(-c2nn(-c3ccccc3)cc2/C=C2\SC(=S)N(CC)C2=O)cc1. The smallest absolute Gasteiger partial charge is 0.266 e. The molecule has 1 aliphatic rings. The van der Waals surface area contributed by atoms with E-state index < -0.39 is 0 Å². The third-order valence-corrected chi connectivity index (χ3v) is 7.61. The Morgan fingerprint density at radius 3 is 2.50 bits per heavy atom. The molecule has 2 heterocycles. The highest BCUT2D eigenvalue weighted by molar-refractivity contribution is 8.26. The molecule has 1 aliphatic heterocycles. The van der Waals surface area contributed by atoms with Crippen molar-refractivity contribution in [2.45, 2.75) is 31.6 Å². The molecule has 0 radical (unpaired) electrons. The van der Waals surface area contributed by atoms with Crippen molar-refractivity contribution >= 4 is 52.0 Å². The summed E-state index contributed by atoms with van der Waals surface area (Å²) >= 11 is 8.61. The predicted octanol–water partition coefficient (Wildman–Crippen LogP) is 6.65. The zero-order chi connectivity index (χ0) is 22.5. The number of carbonyl (C=O) groups is 1. The number of aromatic nitrogens is 2. The van der Waals surface area contributed by atoms with E-state index in [1.165, 1.54) is 29.5 Å². The first kappa shape index (κ1) is 22.8. The Kier molecular flexibility index (Phi) is 7.50. The third-order valence-electron chi connectivity index (χ3n) is 5.13. The Bertz CT molecular complexity index is 1140. The number of likely N-dealkylation sites (N-methyl/N-ethyl adjacent to an activating group) is 1. The standard InChI is InChI=1S/C25H25N3OS3/c1-3-5-15-31-21-13-11-18(12-14-21)23-19(16-22-24(29)27(4-2)25(30)32-22)17-28(26-23)20-9-7-6-8-10-20/h6-14,16-17H,3-5,15H2,1-2H3/b22-16-. The van der Waals surface area contributed by atoms with Crippen LogP contribution in [0.15, 0.2) is 70.6 Å². The number of para-hydroxylation sites is 1. The topological polar surface area (TPSA) is 38.1 Å². The molecule has 32 heavy (non-hydrogen) atoms. The number of carbonyl (C=O) groups excluding carboxylic acids is 1. The maximum absolute atomic E-state index is 12.8. The van der Waals surface area contributed by atoms with Gasteiger partial charge in [0.2, 0.25) is 0 Å². The molecule has 0 saturated carbocycles. The Morgan fingerprint density at radius 1 is 1.09 bits per heavy atom. The number of hydrogen-bond acceptors (Lipinski definition) is 5. The molecule has 3 aromatic rings. The van der Waals surface area contributed by atoms with Gasteiger partial charge in [-0.15, -0.1) is 11.8 Å². The van der Waals surface area contributed by atoms with Gasteiger partial charge in [-0.2, -0.15) is 5.10 Å². The minimum absolute atomic E-state index is 0.0383. The van der Waals surface area contributed by atoms with Crippen LogP contribution in [0, 0.1) is 0 Å². The van der Waals surface area contributed by atoms with Gasteiger partial charge in [-0.3, -0.25) is 9.69 Å². The van der Waals surface area contributed by atoms with Crippen molar-refractivity contribution in [2.75, 3.05) is 12.3 Å². The maximum atomic E-state index is 12.8. The summed E-state index contributed by atoms with van der Waals surface area (Å²) in [4.78, 5) is 16.3. The predicted molar refractivity (Wildman–Crippen MR) is 140 cm³/mol. The molecule has 1 fully saturated rings. The summed E-state index contributed by atoms with van der Waals surface area (Å²) in [5.41, 5.74) is 3.75. The maximum Gasteiger partial charge on any atom is 0.266 e. The number of thiocarbonyl (C=S) groups is 1. The summed E-state index contributed by atoms with van der Waals surface area (Å²) in [6.07, 6.45) is 6.32. The second-order valence-corrected chi connectivity index (χ2v) is 10.2. The van der Waals surface area contributed by atoms with Crippen LogP contribution in [-0.2, 0) is 4.79 Å². The van der Waals surface area contributed by atoms with E-state index in [0.717, 1.165) is 28.3 Å². The van der Waals surface area contributed by atoms with E-state index in [2.05, 4.69) is 31.2 Å². The number of benzene rings is 2. The molecule has 0 bridgehead atoms. The van der Waals surface area contributed by atoms with Crippen LogP contribution in [-0.4, -0.2) is 37.2 Å². The van der Waals surface area contributed by atoms with Crippen molar-refractivity contribution in [1.82, 2.24) is 14.7 Å². The van der Waals surface area contributed by atoms with Gasteiger partial charge in [0.1, 0.15) is 4.32 Å². The third kappa shape index (κ3) is 5.00. The molecule has 2 aromatic carbocycles. The highest BCUT2D eigenvalue weighted by atomic mass is 32.2. The van der Waals surface area contributed by atoms with Crippen LogP contribution in [0.1, 0.15) is 32.3 Å². The second-order valence-electron chi connectivity index (χ2n) is 7.37.